The smallest absolute Gasteiger partial charge is 0.420 e. The van der Waals surface area contributed by atoms with Gasteiger partial charge in [0.2, 0.25) is 0 Å². The maximum Gasteiger partial charge on any atom is 0.420 e. The molecule has 0 atom stereocenters. The van der Waals surface area contributed by atoms with Gasteiger partial charge in [-0.2, -0.15) is 0 Å². The van der Waals surface area contributed by atoms with E-state index in [0.29, 0.717) is 5.65 Å². The molecular formula is C13H15BrN2O2. The summed E-state index contributed by atoms with van der Waals surface area (Å²) in [7, 11) is 0. The first-order valence-electron chi connectivity index (χ1n) is 5.64. The minimum absolute atomic E-state index is 0.422. The Hall–Kier alpha value is -1.36. The average Bonchev–Trinajstić information content (AvgIpc) is 2.54. The Labute approximate surface area is 114 Å². The molecule has 0 saturated heterocycles. The predicted molar refractivity (Wildman–Crippen MR) is 73.8 cm³/mol. The number of fused-ring (bicyclic) bond motifs is 1. The highest BCUT2D eigenvalue weighted by atomic mass is 79.9. The van der Waals surface area contributed by atoms with Gasteiger partial charge >= 0.3 is 6.09 Å². The Morgan fingerprint density at radius 3 is 2.72 bits per heavy atom. The zero-order valence-corrected chi connectivity index (χ0v) is 12.4. The molecular weight excluding hydrogens is 296 g/mol. The summed E-state index contributed by atoms with van der Waals surface area (Å²) >= 11 is 3.43. The molecule has 0 aliphatic heterocycles. The van der Waals surface area contributed by atoms with Crippen LogP contribution in [0.5, 0.6) is 0 Å². The van der Waals surface area contributed by atoms with Crippen LogP contribution < -0.4 is 0 Å². The second kappa shape index (κ2) is 4.39. The Morgan fingerprint density at radius 1 is 1.44 bits per heavy atom. The molecule has 2 aromatic rings. The first-order chi connectivity index (χ1) is 8.28. The molecule has 2 heterocycles. The van der Waals surface area contributed by atoms with Gasteiger partial charge < -0.3 is 4.74 Å². The lowest BCUT2D eigenvalue weighted by molar-refractivity contribution is 0.0543. The van der Waals surface area contributed by atoms with E-state index in [1.54, 1.807) is 12.4 Å². The summed E-state index contributed by atoms with van der Waals surface area (Å²) in [5.41, 5.74) is 1.12. The van der Waals surface area contributed by atoms with E-state index in [4.69, 9.17) is 4.74 Å². The van der Waals surface area contributed by atoms with E-state index in [9.17, 15) is 4.79 Å². The summed E-state index contributed by atoms with van der Waals surface area (Å²) < 4.78 is 7.59. The molecule has 2 aromatic heterocycles. The molecule has 0 saturated carbocycles. The Kier molecular flexibility index (Phi) is 3.19. The van der Waals surface area contributed by atoms with Gasteiger partial charge in [0.1, 0.15) is 5.60 Å². The molecule has 0 bridgehead atoms. The van der Waals surface area contributed by atoms with Crippen LogP contribution in [0.15, 0.2) is 22.9 Å². The van der Waals surface area contributed by atoms with Crippen molar-refractivity contribution in [3.05, 3.63) is 28.5 Å². The van der Waals surface area contributed by atoms with Crippen LogP contribution in [0.2, 0.25) is 0 Å². The number of carbonyl (C=O) groups is 1. The van der Waals surface area contributed by atoms with Crippen LogP contribution in [0, 0.1) is 6.92 Å². The summed E-state index contributed by atoms with van der Waals surface area (Å²) in [5, 5.41) is 0.904. The van der Waals surface area contributed by atoms with Crippen LogP contribution in [-0.4, -0.2) is 21.2 Å². The number of aryl methyl sites for hydroxylation is 1. The fourth-order valence-corrected chi connectivity index (χ4v) is 2.12. The second-order valence-electron chi connectivity index (χ2n) is 5.21. The van der Waals surface area contributed by atoms with E-state index in [0.717, 1.165) is 15.4 Å². The summed E-state index contributed by atoms with van der Waals surface area (Å²) in [4.78, 5) is 16.3. The molecule has 0 aliphatic rings. The molecule has 18 heavy (non-hydrogen) atoms. The van der Waals surface area contributed by atoms with Crippen LogP contribution >= 0.6 is 15.9 Å². The molecule has 5 heteroatoms. The number of rotatable bonds is 0. The number of hydrogen-bond acceptors (Lipinski definition) is 3. The van der Waals surface area contributed by atoms with Crippen molar-refractivity contribution < 1.29 is 9.53 Å². The van der Waals surface area contributed by atoms with Crippen LogP contribution in [0.4, 0.5) is 4.79 Å². The van der Waals surface area contributed by atoms with Crippen molar-refractivity contribution in [2.75, 3.05) is 0 Å². The lowest BCUT2D eigenvalue weighted by Gasteiger charge is -2.19. The highest BCUT2D eigenvalue weighted by Crippen LogP contribution is 2.26. The molecule has 0 spiro atoms. The van der Waals surface area contributed by atoms with Gasteiger partial charge in [0.25, 0.3) is 0 Å². The van der Waals surface area contributed by atoms with E-state index < -0.39 is 11.7 Å². The third-order valence-electron chi connectivity index (χ3n) is 2.32. The maximum absolute atomic E-state index is 12.1. The zero-order valence-electron chi connectivity index (χ0n) is 10.8. The summed E-state index contributed by atoms with van der Waals surface area (Å²) in [6.07, 6.45) is 3.00. The van der Waals surface area contributed by atoms with Crippen molar-refractivity contribution >= 4 is 33.1 Å². The van der Waals surface area contributed by atoms with Crippen LogP contribution in [0.3, 0.4) is 0 Å². The van der Waals surface area contributed by atoms with Crippen LogP contribution in [0.1, 0.15) is 26.3 Å². The van der Waals surface area contributed by atoms with E-state index in [1.807, 2.05) is 33.8 Å². The molecule has 96 valence electrons. The van der Waals surface area contributed by atoms with Crippen molar-refractivity contribution in [1.29, 1.82) is 0 Å². The zero-order chi connectivity index (χ0) is 13.5. The Bertz CT molecular complexity index is 611. The highest BCUT2D eigenvalue weighted by Gasteiger charge is 2.20. The summed E-state index contributed by atoms with van der Waals surface area (Å²) in [6, 6.07) is 1.98. The first-order valence-corrected chi connectivity index (χ1v) is 6.44. The van der Waals surface area contributed by atoms with Gasteiger partial charge in [-0.15, -0.1) is 0 Å². The SMILES string of the molecule is Cc1cnc2c(c1)c(Br)cn2C(=O)OC(C)(C)C. The maximum atomic E-state index is 12.1. The van der Waals surface area contributed by atoms with Gasteiger partial charge in [0.15, 0.2) is 5.65 Å². The van der Waals surface area contributed by atoms with E-state index in [1.165, 1.54) is 4.57 Å². The largest absolute Gasteiger partial charge is 0.443 e. The normalized spacial score (nSPS) is 11.8. The molecule has 0 amide bonds. The topological polar surface area (TPSA) is 44.1 Å². The molecule has 0 radical (unpaired) electrons. The van der Waals surface area contributed by atoms with Gasteiger partial charge in [0.05, 0.1) is 0 Å². The molecule has 0 aromatic carbocycles. The van der Waals surface area contributed by atoms with Crippen molar-refractivity contribution in [3.63, 3.8) is 0 Å². The Morgan fingerprint density at radius 2 is 2.11 bits per heavy atom. The van der Waals surface area contributed by atoms with Crippen molar-refractivity contribution in [2.24, 2.45) is 0 Å². The third-order valence-corrected chi connectivity index (χ3v) is 2.95. The summed E-state index contributed by atoms with van der Waals surface area (Å²) in [6.45, 7) is 7.47. The van der Waals surface area contributed by atoms with E-state index >= 15 is 0 Å². The fraction of sp³-hybridized carbons (Fsp3) is 0.385. The van der Waals surface area contributed by atoms with Crippen LogP contribution in [0.25, 0.3) is 11.0 Å². The summed E-state index contributed by atoms with van der Waals surface area (Å²) in [5.74, 6) is 0. The van der Waals surface area contributed by atoms with Crippen LogP contribution in [-0.2, 0) is 4.74 Å². The first kappa shape index (κ1) is 13.1. The number of aromatic nitrogens is 2. The minimum atomic E-state index is -0.523. The lowest BCUT2D eigenvalue weighted by atomic mass is 10.2. The van der Waals surface area contributed by atoms with E-state index in [-0.39, 0.29) is 0 Å². The molecule has 0 N–H and O–H groups in total. The van der Waals surface area contributed by atoms with Gasteiger partial charge in [0, 0.05) is 22.3 Å². The Balaban J connectivity index is 2.49. The van der Waals surface area contributed by atoms with Crippen molar-refractivity contribution in [1.82, 2.24) is 9.55 Å². The minimum Gasteiger partial charge on any atom is -0.443 e. The number of carbonyl (C=O) groups excluding carboxylic acids is 1. The van der Waals surface area contributed by atoms with E-state index in [2.05, 4.69) is 20.9 Å². The number of hydrogen-bond donors (Lipinski definition) is 0. The third kappa shape index (κ3) is 2.56. The van der Waals surface area contributed by atoms with Gasteiger partial charge in [-0.3, -0.25) is 0 Å². The number of ether oxygens (including phenoxy) is 1. The molecule has 0 aliphatic carbocycles. The van der Waals surface area contributed by atoms with Crippen molar-refractivity contribution in [3.8, 4) is 0 Å². The van der Waals surface area contributed by atoms with Gasteiger partial charge in [-0.05, 0) is 55.3 Å². The van der Waals surface area contributed by atoms with Gasteiger partial charge in [-0.25, -0.2) is 14.3 Å². The molecule has 0 unspecified atom stereocenters. The lowest BCUT2D eigenvalue weighted by Crippen LogP contribution is -2.26. The number of nitrogens with zero attached hydrogens (tertiary/aromatic N) is 2. The quantitative estimate of drug-likeness (QED) is 0.741. The molecule has 0 fully saturated rings. The average molecular weight is 311 g/mol. The second-order valence-corrected chi connectivity index (χ2v) is 6.07. The standard InChI is InChI=1S/C13H15BrN2O2/c1-8-5-9-10(14)7-16(11(9)15-6-8)12(17)18-13(2,3)4/h5-7H,1-4H3. The predicted octanol–water partition coefficient (Wildman–Crippen LogP) is 3.89. The fourth-order valence-electron chi connectivity index (χ4n) is 1.62. The monoisotopic (exact) mass is 310 g/mol. The number of pyridine rings is 1. The number of halogens is 1. The van der Waals surface area contributed by atoms with Crippen molar-refractivity contribution in [2.45, 2.75) is 33.3 Å². The molecule has 4 nitrogen and oxygen atoms in total. The van der Waals surface area contributed by atoms with Gasteiger partial charge in [-0.1, -0.05) is 0 Å². The molecule has 2 rings (SSSR count). The highest BCUT2D eigenvalue weighted by molar-refractivity contribution is 9.10.